The van der Waals surface area contributed by atoms with Gasteiger partial charge in [0.15, 0.2) is 0 Å². The van der Waals surface area contributed by atoms with Crippen molar-refractivity contribution < 1.29 is 4.74 Å². The molecule has 2 rings (SSSR count). The summed E-state index contributed by atoms with van der Waals surface area (Å²) in [6.45, 7) is 10.4. The van der Waals surface area contributed by atoms with Gasteiger partial charge < -0.3 is 10.1 Å². The van der Waals surface area contributed by atoms with Gasteiger partial charge in [0.25, 0.3) is 0 Å². The van der Waals surface area contributed by atoms with Crippen molar-refractivity contribution in [1.82, 2.24) is 10.2 Å². The van der Waals surface area contributed by atoms with Crippen LogP contribution in [0.2, 0.25) is 5.02 Å². The number of hydrogen-bond donors (Lipinski definition) is 1. The lowest BCUT2D eigenvalue weighted by Crippen LogP contribution is -2.49. The molecule has 1 N–H and O–H groups in total. The Labute approximate surface area is 127 Å². The number of halogens is 1. The Kier molecular flexibility index (Phi) is 5.85. The number of benzene rings is 1. The van der Waals surface area contributed by atoms with Crippen LogP contribution in [0.15, 0.2) is 24.3 Å². The molecule has 2 atom stereocenters. The Morgan fingerprint density at radius 2 is 2.00 bits per heavy atom. The van der Waals surface area contributed by atoms with E-state index in [1.165, 1.54) is 5.56 Å². The van der Waals surface area contributed by atoms with E-state index in [9.17, 15) is 0 Å². The molecule has 0 radical (unpaired) electrons. The van der Waals surface area contributed by atoms with Crippen LogP contribution in [0.5, 0.6) is 0 Å². The predicted octanol–water partition coefficient (Wildman–Crippen LogP) is 3.10. The largest absolute Gasteiger partial charge is 0.374 e. The van der Waals surface area contributed by atoms with E-state index in [2.05, 4.69) is 43.1 Å². The Morgan fingerprint density at radius 1 is 1.30 bits per heavy atom. The summed E-state index contributed by atoms with van der Waals surface area (Å²) in [5.41, 5.74) is 1.26. The molecule has 2 unspecified atom stereocenters. The molecule has 0 aromatic heterocycles. The Morgan fingerprint density at radius 3 is 2.65 bits per heavy atom. The number of nitrogens with one attached hydrogen (secondary N) is 1. The normalized spacial score (nSPS) is 22.1. The molecule has 1 saturated heterocycles. The molecule has 0 aliphatic carbocycles. The van der Waals surface area contributed by atoms with Gasteiger partial charge in [0.2, 0.25) is 0 Å². The van der Waals surface area contributed by atoms with E-state index in [1.807, 2.05) is 12.1 Å². The van der Waals surface area contributed by atoms with Crippen molar-refractivity contribution in [3.63, 3.8) is 0 Å². The van der Waals surface area contributed by atoms with Crippen LogP contribution in [-0.2, 0) is 4.74 Å². The summed E-state index contributed by atoms with van der Waals surface area (Å²) in [5, 5.41) is 4.33. The Hall–Kier alpha value is -0.610. The van der Waals surface area contributed by atoms with Crippen LogP contribution in [-0.4, -0.2) is 43.3 Å². The summed E-state index contributed by atoms with van der Waals surface area (Å²) < 4.78 is 5.84. The topological polar surface area (TPSA) is 24.5 Å². The minimum absolute atomic E-state index is 0.279. The van der Waals surface area contributed by atoms with Crippen molar-refractivity contribution in [1.29, 1.82) is 0 Å². The molecule has 0 amide bonds. The lowest BCUT2D eigenvalue weighted by molar-refractivity contribution is -0.0379. The highest BCUT2D eigenvalue weighted by Gasteiger charge is 2.22. The second-order valence-electron chi connectivity index (χ2n) is 5.76. The summed E-state index contributed by atoms with van der Waals surface area (Å²) >= 11 is 5.91. The highest BCUT2D eigenvalue weighted by molar-refractivity contribution is 6.30. The average Bonchev–Trinajstić information content (AvgIpc) is 2.46. The fraction of sp³-hybridized carbons (Fsp3) is 0.625. The summed E-state index contributed by atoms with van der Waals surface area (Å²) in [6, 6.07) is 8.92. The number of hydrogen-bond acceptors (Lipinski definition) is 3. The lowest BCUT2D eigenvalue weighted by Gasteiger charge is -2.36. The standard InChI is InChI=1S/C16H25ClN2O/c1-12(2)19-8-9-20-16(11-19)10-18-13(3)14-4-6-15(17)7-5-14/h4-7,12-13,16,18H,8-11H2,1-3H3. The molecule has 1 aliphatic rings. The molecule has 0 saturated carbocycles. The highest BCUT2D eigenvalue weighted by atomic mass is 35.5. The second-order valence-corrected chi connectivity index (χ2v) is 6.20. The summed E-state index contributed by atoms with van der Waals surface area (Å²) in [4.78, 5) is 2.48. The molecule has 1 aliphatic heterocycles. The van der Waals surface area contributed by atoms with Crippen molar-refractivity contribution in [3.8, 4) is 0 Å². The maximum absolute atomic E-state index is 5.91. The predicted molar refractivity (Wildman–Crippen MR) is 84.3 cm³/mol. The third-order valence-corrected chi connectivity index (χ3v) is 4.17. The fourth-order valence-electron chi connectivity index (χ4n) is 2.51. The van der Waals surface area contributed by atoms with Gasteiger partial charge in [-0.25, -0.2) is 0 Å². The van der Waals surface area contributed by atoms with Gasteiger partial charge in [-0.05, 0) is 38.5 Å². The van der Waals surface area contributed by atoms with Crippen LogP contribution in [0.1, 0.15) is 32.4 Å². The van der Waals surface area contributed by atoms with Gasteiger partial charge in [0.1, 0.15) is 0 Å². The van der Waals surface area contributed by atoms with E-state index in [4.69, 9.17) is 16.3 Å². The first kappa shape index (κ1) is 15.8. The van der Waals surface area contributed by atoms with E-state index in [-0.39, 0.29) is 6.10 Å². The van der Waals surface area contributed by atoms with Gasteiger partial charge in [0, 0.05) is 36.7 Å². The van der Waals surface area contributed by atoms with Crippen molar-refractivity contribution in [3.05, 3.63) is 34.9 Å². The first-order valence-corrected chi connectivity index (χ1v) is 7.78. The number of morpholine rings is 1. The fourth-order valence-corrected chi connectivity index (χ4v) is 2.64. The van der Waals surface area contributed by atoms with E-state index < -0.39 is 0 Å². The first-order valence-electron chi connectivity index (χ1n) is 7.40. The van der Waals surface area contributed by atoms with Gasteiger partial charge in [-0.2, -0.15) is 0 Å². The van der Waals surface area contributed by atoms with Gasteiger partial charge in [-0.3, -0.25) is 4.90 Å². The monoisotopic (exact) mass is 296 g/mol. The van der Waals surface area contributed by atoms with Crippen LogP contribution in [0.3, 0.4) is 0 Å². The molecule has 1 heterocycles. The zero-order chi connectivity index (χ0) is 14.5. The number of nitrogens with zero attached hydrogens (tertiary/aromatic N) is 1. The van der Waals surface area contributed by atoms with Gasteiger partial charge in [-0.15, -0.1) is 0 Å². The smallest absolute Gasteiger partial charge is 0.0827 e. The maximum atomic E-state index is 5.91. The number of ether oxygens (including phenoxy) is 1. The van der Waals surface area contributed by atoms with Crippen LogP contribution in [0.25, 0.3) is 0 Å². The molecule has 1 aromatic rings. The lowest BCUT2D eigenvalue weighted by atomic mass is 10.1. The van der Waals surface area contributed by atoms with Crippen molar-refractivity contribution in [2.45, 2.75) is 39.0 Å². The number of rotatable bonds is 5. The Balaban J connectivity index is 1.81. The van der Waals surface area contributed by atoms with Gasteiger partial charge in [-0.1, -0.05) is 23.7 Å². The van der Waals surface area contributed by atoms with Gasteiger partial charge >= 0.3 is 0 Å². The Bertz CT molecular complexity index is 407. The van der Waals surface area contributed by atoms with E-state index in [0.717, 1.165) is 31.3 Å². The molecule has 0 spiro atoms. The maximum Gasteiger partial charge on any atom is 0.0827 e. The summed E-state index contributed by atoms with van der Waals surface area (Å²) in [6.07, 6.45) is 0.279. The van der Waals surface area contributed by atoms with E-state index >= 15 is 0 Å². The third-order valence-electron chi connectivity index (χ3n) is 3.92. The second kappa shape index (κ2) is 7.41. The molecule has 1 fully saturated rings. The minimum atomic E-state index is 0.279. The van der Waals surface area contributed by atoms with Crippen LogP contribution in [0.4, 0.5) is 0 Å². The van der Waals surface area contributed by atoms with Crippen LogP contribution < -0.4 is 5.32 Å². The molecule has 1 aromatic carbocycles. The van der Waals surface area contributed by atoms with E-state index in [0.29, 0.717) is 12.1 Å². The van der Waals surface area contributed by atoms with Crippen molar-refractivity contribution in [2.24, 2.45) is 0 Å². The van der Waals surface area contributed by atoms with Crippen LogP contribution in [0, 0.1) is 0 Å². The minimum Gasteiger partial charge on any atom is -0.374 e. The highest BCUT2D eigenvalue weighted by Crippen LogP contribution is 2.16. The zero-order valence-electron chi connectivity index (χ0n) is 12.6. The third kappa shape index (κ3) is 4.45. The van der Waals surface area contributed by atoms with Crippen molar-refractivity contribution in [2.75, 3.05) is 26.2 Å². The average molecular weight is 297 g/mol. The van der Waals surface area contributed by atoms with Gasteiger partial charge in [0.05, 0.1) is 12.7 Å². The molecule has 0 bridgehead atoms. The SMILES string of the molecule is CC(NCC1CN(C(C)C)CCO1)c1ccc(Cl)cc1. The van der Waals surface area contributed by atoms with Crippen LogP contribution >= 0.6 is 11.6 Å². The molecule has 20 heavy (non-hydrogen) atoms. The zero-order valence-corrected chi connectivity index (χ0v) is 13.4. The molecular weight excluding hydrogens is 272 g/mol. The van der Waals surface area contributed by atoms with E-state index in [1.54, 1.807) is 0 Å². The molecule has 112 valence electrons. The molecular formula is C16H25ClN2O. The molecule has 4 heteroatoms. The molecule has 3 nitrogen and oxygen atoms in total. The quantitative estimate of drug-likeness (QED) is 0.903. The summed E-state index contributed by atoms with van der Waals surface area (Å²) in [7, 11) is 0. The van der Waals surface area contributed by atoms with Crippen molar-refractivity contribution >= 4 is 11.6 Å². The summed E-state index contributed by atoms with van der Waals surface area (Å²) in [5.74, 6) is 0. The first-order chi connectivity index (χ1) is 9.56.